The van der Waals surface area contributed by atoms with E-state index in [-0.39, 0.29) is 11.7 Å². The molecule has 8 heteroatoms. The lowest BCUT2D eigenvalue weighted by Crippen LogP contribution is -2.36. The zero-order chi connectivity index (χ0) is 20.5. The highest BCUT2D eigenvalue weighted by molar-refractivity contribution is 7.26. The maximum absolute atomic E-state index is 14.6. The van der Waals surface area contributed by atoms with Gasteiger partial charge in [0.2, 0.25) is 0 Å². The average molecular weight is 440 g/mol. The second-order valence-corrected chi connectivity index (χ2v) is 8.98. The van der Waals surface area contributed by atoms with Crippen molar-refractivity contribution in [1.29, 1.82) is 0 Å². The van der Waals surface area contributed by atoms with Crippen molar-refractivity contribution in [2.24, 2.45) is 0 Å². The van der Waals surface area contributed by atoms with Gasteiger partial charge in [-0.25, -0.2) is 9.37 Å². The first-order valence-corrected chi connectivity index (χ1v) is 11.2. The van der Waals surface area contributed by atoms with E-state index in [4.69, 9.17) is 4.74 Å². The number of amides is 1. The van der Waals surface area contributed by atoms with Crippen LogP contribution in [0, 0.1) is 5.82 Å². The number of anilines is 2. The molecule has 1 amide bonds. The fraction of sp³-hybridized carbons (Fsp3) is 0.182. The Balaban J connectivity index is 1.31. The summed E-state index contributed by atoms with van der Waals surface area (Å²) in [5, 5.41) is 3.68. The minimum atomic E-state index is -0.351. The second kappa shape index (κ2) is 8.14. The molecule has 1 saturated heterocycles. The van der Waals surface area contributed by atoms with E-state index in [2.05, 4.69) is 10.3 Å². The van der Waals surface area contributed by atoms with Crippen LogP contribution in [0.5, 0.6) is 0 Å². The predicted molar refractivity (Wildman–Crippen MR) is 120 cm³/mol. The number of nitrogens with zero attached hydrogens (tertiary/aromatic N) is 2. The second-order valence-electron chi connectivity index (χ2n) is 6.87. The van der Waals surface area contributed by atoms with Crippen LogP contribution in [0.3, 0.4) is 0 Å². The molecule has 1 N–H and O–H groups in total. The van der Waals surface area contributed by atoms with E-state index in [9.17, 15) is 9.18 Å². The first kappa shape index (κ1) is 19.2. The largest absolute Gasteiger partial charge is 0.378 e. The van der Waals surface area contributed by atoms with Crippen molar-refractivity contribution in [2.75, 3.05) is 36.5 Å². The fourth-order valence-electron chi connectivity index (χ4n) is 3.39. The van der Waals surface area contributed by atoms with E-state index in [0.717, 1.165) is 20.1 Å². The van der Waals surface area contributed by atoms with Crippen LogP contribution >= 0.6 is 22.7 Å². The van der Waals surface area contributed by atoms with Crippen molar-refractivity contribution in [3.05, 3.63) is 65.3 Å². The summed E-state index contributed by atoms with van der Waals surface area (Å²) in [6, 6.07) is 16.4. The summed E-state index contributed by atoms with van der Waals surface area (Å²) in [7, 11) is 0. The molecule has 0 bridgehead atoms. The highest BCUT2D eigenvalue weighted by Crippen LogP contribution is 2.34. The Labute approximate surface area is 180 Å². The van der Waals surface area contributed by atoms with Gasteiger partial charge in [-0.15, -0.1) is 22.7 Å². The molecule has 2 aromatic carbocycles. The summed E-state index contributed by atoms with van der Waals surface area (Å²) < 4.78 is 21.0. The summed E-state index contributed by atoms with van der Waals surface area (Å²) in [4.78, 5) is 20.8. The van der Waals surface area contributed by atoms with Gasteiger partial charge in [0, 0.05) is 18.8 Å². The van der Waals surface area contributed by atoms with Gasteiger partial charge in [0.05, 0.1) is 38.9 Å². The van der Waals surface area contributed by atoms with Crippen LogP contribution in [-0.4, -0.2) is 37.2 Å². The monoisotopic (exact) mass is 439 g/mol. The third-order valence-corrected chi connectivity index (χ3v) is 7.18. The van der Waals surface area contributed by atoms with Crippen molar-refractivity contribution in [2.45, 2.75) is 0 Å². The number of aromatic nitrogens is 1. The lowest BCUT2D eigenvalue weighted by molar-refractivity contribution is 0.103. The van der Waals surface area contributed by atoms with Gasteiger partial charge in [-0.1, -0.05) is 12.1 Å². The van der Waals surface area contributed by atoms with Crippen molar-refractivity contribution in [3.8, 4) is 9.88 Å². The molecule has 30 heavy (non-hydrogen) atoms. The Hall–Kier alpha value is -2.81. The molecule has 4 aromatic rings. The molecule has 0 atom stereocenters. The van der Waals surface area contributed by atoms with Crippen molar-refractivity contribution in [3.63, 3.8) is 0 Å². The molecule has 0 saturated carbocycles. The van der Waals surface area contributed by atoms with Crippen LogP contribution in [0.2, 0.25) is 0 Å². The number of rotatable bonds is 4. The molecule has 1 aliphatic rings. The first-order valence-electron chi connectivity index (χ1n) is 9.57. The summed E-state index contributed by atoms with van der Waals surface area (Å²) in [5.74, 6) is -0.609. The number of benzene rings is 2. The molecule has 0 radical (unpaired) electrons. The molecular weight excluding hydrogens is 421 g/mol. The fourth-order valence-corrected chi connectivity index (χ4v) is 5.31. The predicted octanol–water partition coefficient (Wildman–Crippen LogP) is 5.25. The Bertz CT molecular complexity index is 1180. The van der Waals surface area contributed by atoms with Gasteiger partial charge in [0.25, 0.3) is 5.91 Å². The van der Waals surface area contributed by atoms with Gasteiger partial charge >= 0.3 is 0 Å². The van der Waals surface area contributed by atoms with Crippen molar-refractivity contribution >= 4 is 50.2 Å². The number of hydrogen-bond acceptors (Lipinski definition) is 6. The zero-order valence-corrected chi connectivity index (χ0v) is 17.6. The average Bonchev–Trinajstić information content (AvgIpc) is 3.42. The van der Waals surface area contributed by atoms with E-state index in [1.807, 2.05) is 35.2 Å². The maximum atomic E-state index is 14.6. The van der Waals surface area contributed by atoms with Gasteiger partial charge in [-0.2, -0.15) is 0 Å². The molecule has 2 aromatic heterocycles. The molecule has 1 aliphatic heterocycles. The van der Waals surface area contributed by atoms with E-state index in [1.165, 1.54) is 17.4 Å². The number of ether oxygens (including phenoxy) is 1. The van der Waals surface area contributed by atoms with Crippen LogP contribution in [0.15, 0.2) is 54.6 Å². The number of thiazole rings is 1. The summed E-state index contributed by atoms with van der Waals surface area (Å²) in [5.41, 5.74) is 1.92. The lowest BCUT2D eigenvalue weighted by Gasteiger charge is -2.29. The number of carbonyl (C=O) groups excluding carboxylic acids is 1. The number of carbonyl (C=O) groups is 1. The standard InChI is InChI=1S/C22H18FN3O2S2/c23-15-13-14(5-6-17(15)26-9-11-28-12-10-26)24-21(27)19-7-8-20(29-19)22-25-16-3-1-2-4-18(16)30-22/h1-8,13H,9-12H2,(H,24,27). The Morgan fingerprint density at radius 2 is 1.90 bits per heavy atom. The Morgan fingerprint density at radius 3 is 2.70 bits per heavy atom. The molecule has 3 heterocycles. The number of hydrogen-bond donors (Lipinski definition) is 1. The number of nitrogens with one attached hydrogen (secondary N) is 1. The van der Waals surface area contributed by atoms with Crippen LogP contribution < -0.4 is 10.2 Å². The van der Waals surface area contributed by atoms with Crippen LogP contribution in [0.25, 0.3) is 20.1 Å². The molecule has 5 rings (SSSR count). The third-order valence-electron chi connectivity index (χ3n) is 4.89. The molecule has 0 unspecified atom stereocenters. The highest BCUT2D eigenvalue weighted by Gasteiger charge is 2.17. The van der Waals surface area contributed by atoms with E-state index < -0.39 is 0 Å². The van der Waals surface area contributed by atoms with Crippen LogP contribution in [0.1, 0.15) is 9.67 Å². The summed E-state index contributed by atoms with van der Waals surface area (Å²) >= 11 is 2.98. The van der Waals surface area contributed by atoms with Crippen molar-refractivity contribution in [1.82, 2.24) is 4.98 Å². The first-order chi connectivity index (χ1) is 14.7. The van der Waals surface area contributed by atoms with Gasteiger partial charge in [0.1, 0.15) is 10.8 Å². The SMILES string of the molecule is O=C(Nc1ccc(N2CCOCC2)c(F)c1)c1ccc(-c2nc3ccccc3s2)s1. The normalized spacial score (nSPS) is 14.2. The molecule has 5 nitrogen and oxygen atoms in total. The molecule has 1 fully saturated rings. The number of halogens is 1. The Kier molecular flexibility index (Phi) is 5.20. The third kappa shape index (κ3) is 3.81. The Morgan fingerprint density at radius 1 is 1.07 bits per heavy atom. The molecule has 0 spiro atoms. The smallest absolute Gasteiger partial charge is 0.265 e. The van der Waals surface area contributed by atoms with Gasteiger partial charge < -0.3 is 15.0 Å². The number of fused-ring (bicyclic) bond motifs is 1. The number of morpholine rings is 1. The van der Waals surface area contributed by atoms with E-state index in [0.29, 0.717) is 42.6 Å². The highest BCUT2D eigenvalue weighted by atomic mass is 32.1. The lowest BCUT2D eigenvalue weighted by atomic mass is 10.2. The zero-order valence-electron chi connectivity index (χ0n) is 15.9. The maximum Gasteiger partial charge on any atom is 0.265 e. The minimum Gasteiger partial charge on any atom is -0.378 e. The van der Waals surface area contributed by atoms with Gasteiger partial charge in [-0.3, -0.25) is 4.79 Å². The quantitative estimate of drug-likeness (QED) is 0.472. The topological polar surface area (TPSA) is 54.5 Å². The minimum absolute atomic E-state index is 0.258. The number of para-hydroxylation sites is 1. The van der Waals surface area contributed by atoms with Crippen LogP contribution in [-0.2, 0) is 4.74 Å². The summed E-state index contributed by atoms with van der Waals surface area (Å²) in [6.45, 7) is 2.50. The molecule has 0 aliphatic carbocycles. The molecule has 152 valence electrons. The van der Waals surface area contributed by atoms with Gasteiger partial charge in [0.15, 0.2) is 0 Å². The number of thiophene rings is 1. The van der Waals surface area contributed by atoms with Crippen molar-refractivity contribution < 1.29 is 13.9 Å². The molecular formula is C22H18FN3O2S2. The van der Waals surface area contributed by atoms with Gasteiger partial charge in [-0.05, 0) is 42.5 Å². The van der Waals surface area contributed by atoms with E-state index in [1.54, 1.807) is 29.5 Å². The van der Waals surface area contributed by atoms with E-state index >= 15 is 0 Å². The van der Waals surface area contributed by atoms with Crippen LogP contribution in [0.4, 0.5) is 15.8 Å². The summed E-state index contributed by atoms with van der Waals surface area (Å²) in [6.07, 6.45) is 0.